The summed E-state index contributed by atoms with van der Waals surface area (Å²) >= 11 is 6.19. The summed E-state index contributed by atoms with van der Waals surface area (Å²) in [5.74, 6) is 0.865. The first-order valence-electron chi connectivity index (χ1n) is 8.27. The maximum atomic E-state index is 12.6. The van der Waals surface area contributed by atoms with Crippen molar-refractivity contribution in [3.05, 3.63) is 58.1 Å². The third-order valence-corrected chi connectivity index (χ3v) is 5.33. The second-order valence-corrected chi connectivity index (χ2v) is 7.37. The van der Waals surface area contributed by atoms with Crippen molar-refractivity contribution < 1.29 is 28.4 Å². The number of rotatable bonds is 8. The zero-order chi connectivity index (χ0) is 17.5. The van der Waals surface area contributed by atoms with Crippen LogP contribution in [0.25, 0.3) is 0 Å². The summed E-state index contributed by atoms with van der Waals surface area (Å²) in [4.78, 5) is 12.6. The molecule has 2 rings (SSSR count). The maximum Gasteiger partial charge on any atom is 1.00 e. The molecule has 0 bridgehead atoms. The van der Waals surface area contributed by atoms with Gasteiger partial charge in [0, 0.05) is 16.1 Å². The summed E-state index contributed by atoms with van der Waals surface area (Å²) in [5.41, 5.74) is 2.61. The van der Waals surface area contributed by atoms with E-state index in [1.807, 2.05) is 44.2 Å². The van der Waals surface area contributed by atoms with Crippen molar-refractivity contribution in [3.63, 3.8) is 0 Å². The Morgan fingerprint density at radius 3 is 2.52 bits per heavy atom. The van der Waals surface area contributed by atoms with Crippen LogP contribution in [0.4, 0.5) is 0 Å². The number of aryl methyl sites for hydroxylation is 2. The topological polar surface area (TPSA) is 26.3 Å². The van der Waals surface area contributed by atoms with Crippen molar-refractivity contribution in [1.82, 2.24) is 0 Å². The van der Waals surface area contributed by atoms with Gasteiger partial charge in [-0.2, -0.15) is 5.30 Å². The Morgan fingerprint density at radius 1 is 1.12 bits per heavy atom. The molecule has 25 heavy (non-hydrogen) atoms. The van der Waals surface area contributed by atoms with E-state index in [-0.39, 0.29) is 24.4 Å². The Hall–Kier alpha value is -0.773. The summed E-state index contributed by atoms with van der Waals surface area (Å²) in [6, 6.07) is 11.4. The molecule has 0 radical (unpaired) electrons. The second kappa shape index (κ2) is 11.0. The van der Waals surface area contributed by atoms with Gasteiger partial charge < -0.3 is 18.1 Å². The Morgan fingerprint density at radius 2 is 1.88 bits per heavy atom. The van der Waals surface area contributed by atoms with Crippen LogP contribution in [-0.2, 0) is 0 Å². The molecule has 0 heterocycles. The molecule has 0 atom stereocenters. The average Bonchev–Trinajstić information content (AvgIpc) is 2.54. The molecule has 2 aromatic rings. The van der Waals surface area contributed by atoms with Crippen molar-refractivity contribution >= 4 is 31.0 Å². The van der Waals surface area contributed by atoms with Gasteiger partial charge in [0.15, 0.2) is 0 Å². The summed E-state index contributed by atoms with van der Waals surface area (Å²) in [6.45, 7) is 6.83. The van der Waals surface area contributed by atoms with Crippen LogP contribution in [0, 0.1) is 13.8 Å². The maximum absolute atomic E-state index is 12.6. The zero-order valence-corrected chi connectivity index (χ0v) is 17.1. The normalized spacial score (nSPS) is 10.7. The number of carbonyl (C=O) groups is 1. The standard InChI is InChI=1S/C20H23ClO2P.Li/c1-4-5-6-12-23-16-10-11-18(15(3)13-16)24-20(22)19-14(2)8-7-9-17(19)21;/h7-11,13H,4-6,12H2,1-3H3;/q-1;+1. The fourth-order valence-corrected chi connectivity index (χ4v) is 3.84. The molecule has 0 aliphatic rings. The first-order chi connectivity index (χ1) is 11.5. The minimum absolute atomic E-state index is 0. The molecule has 0 amide bonds. The van der Waals surface area contributed by atoms with Gasteiger partial charge in [-0.25, -0.2) is 0 Å². The summed E-state index contributed by atoms with van der Waals surface area (Å²) in [6.07, 6.45) is 3.44. The van der Waals surface area contributed by atoms with Crippen LogP contribution in [-0.4, -0.2) is 12.1 Å². The van der Waals surface area contributed by atoms with Gasteiger partial charge in [0.25, 0.3) is 0 Å². The molecule has 128 valence electrons. The van der Waals surface area contributed by atoms with Gasteiger partial charge in [0.2, 0.25) is 0 Å². The van der Waals surface area contributed by atoms with Crippen molar-refractivity contribution in [2.24, 2.45) is 0 Å². The molecule has 5 heteroatoms. The predicted molar refractivity (Wildman–Crippen MR) is 103 cm³/mol. The van der Waals surface area contributed by atoms with E-state index in [2.05, 4.69) is 6.92 Å². The Labute approximate surface area is 169 Å². The molecule has 0 fully saturated rings. The molecule has 0 N–H and O–H groups in total. The minimum Gasteiger partial charge on any atom is -0.494 e. The van der Waals surface area contributed by atoms with Gasteiger partial charge >= 0.3 is 18.9 Å². The molecule has 2 nitrogen and oxygen atoms in total. The van der Waals surface area contributed by atoms with Crippen LogP contribution < -0.4 is 28.9 Å². The largest absolute Gasteiger partial charge is 1.00 e. The SMILES string of the molecule is CCCCCOc1ccc([P-]C(=O)c2c(C)cccc2Cl)c(C)c1.[Li+]. The first-order valence-corrected chi connectivity index (χ1v) is 9.54. The van der Waals surface area contributed by atoms with Gasteiger partial charge in [-0.1, -0.05) is 55.1 Å². The van der Waals surface area contributed by atoms with E-state index in [4.69, 9.17) is 16.3 Å². The Balaban J connectivity index is 0.00000312. The number of halogens is 1. The summed E-state index contributed by atoms with van der Waals surface area (Å²) < 4.78 is 5.76. The fraction of sp³-hybridized carbons (Fsp3) is 0.350. The van der Waals surface area contributed by atoms with Crippen molar-refractivity contribution in [3.8, 4) is 5.75 Å². The molecule has 0 aliphatic carbocycles. The van der Waals surface area contributed by atoms with Gasteiger partial charge in [-0.3, -0.25) is 0 Å². The predicted octanol–water partition coefficient (Wildman–Crippen LogP) is 2.94. The van der Waals surface area contributed by atoms with Crippen LogP contribution in [0.3, 0.4) is 0 Å². The number of ether oxygens (including phenoxy) is 1. The molecule has 2 aromatic carbocycles. The minimum atomic E-state index is 0. The summed E-state index contributed by atoms with van der Waals surface area (Å²) in [5, 5.41) is 1.50. The monoisotopic (exact) mass is 368 g/mol. The van der Waals surface area contributed by atoms with E-state index in [1.54, 1.807) is 6.07 Å². The molecule has 0 saturated heterocycles. The molecular formula is C20H23ClLiO2P. The van der Waals surface area contributed by atoms with E-state index in [9.17, 15) is 4.79 Å². The van der Waals surface area contributed by atoms with Crippen LogP contribution in [0.2, 0.25) is 5.02 Å². The summed E-state index contributed by atoms with van der Waals surface area (Å²) in [7, 11) is 0.640. The number of unbranched alkanes of at least 4 members (excludes halogenated alkanes) is 2. The number of hydrogen-bond acceptors (Lipinski definition) is 2. The van der Waals surface area contributed by atoms with Gasteiger partial charge in [0.1, 0.15) is 5.75 Å². The van der Waals surface area contributed by atoms with Crippen molar-refractivity contribution in [2.75, 3.05) is 6.61 Å². The molecule has 0 saturated carbocycles. The molecule has 0 spiro atoms. The zero-order valence-electron chi connectivity index (χ0n) is 15.4. The Bertz CT molecular complexity index is 699. The Kier molecular flexibility index (Phi) is 9.84. The number of benzene rings is 2. The molecule has 0 aliphatic heterocycles. The van der Waals surface area contributed by atoms with Gasteiger partial charge in [-0.05, 0) is 44.0 Å². The number of carbonyl (C=O) groups excluding carboxylic acids is 1. The van der Waals surface area contributed by atoms with Crippen molar-refractivity contribution in [1.29, 1.82) is 0 Å². The molecular weight excluding hydrogens is 346 g/mol. The van der Waals surface area contributed by atoms with Crippen LogP contribution in [0.15, 0.2) is 36.4 Å². The third kappa shape index (κ3) is 6.47. The first kappa shape index (κ1) is 22.3. The van der Waals surface area contributed by atoms with E-state index < -0.39 is 0 Å². The number of hydrogen-bond donors (Lipinski definition) is 0. The van der Waals surface area contributed by atoms with E-state index in [1.165, 1.54) is 12.8 Å². The van der Waals surface area contributed by atoms with Crippen LogP contribution in [0.5, 0.6) is 5.75 Å². The average molecular weight is 369 g/mol. The van der Waals surface area contributed by atoms with Gasteiger partial charge in [0.05, 0.1) is 6.61 Å². The van der Waals surface area contributed by atoms with Crippen LogP contribution >= 0.6 is 20.2 Å². The van der Waals surface area contributed by atoms with Crippen LogP contribution in [0.1, 0.15) is 47.7 Å². The quantitative estimate of drug-likeness (QED) is 0.407. The van der Waals surface area contributed by atoms with Crippen molar-refractivity contribution in [2.45, 2.75) is 40.0 Å². The van der Waals surface area contributed by atoms with Gasteiger partial charge in [-0.15, -0.1) is 0 Å². The molecule has 0 unspecified atom stereocenters. The smallest absolute Gasteiger partial charge is 0.494 e. The fourth-order valence-electron chi connectivity index (χ4n) is 2.45. The van der Waals surface area contributed by atoms with E-state index >= 15 is 0 Å². The second-order valence-electron chi connectivity index (χ2n) is 5.85. The molecule has 0 aromatic heterocycles. The van der Waals surface area contributed by atoms with E-state index in [0.29, 0.717) is 19.2 Å². The third-order valence-electron chi connectivity index (χ3n) is 3.84. The van der Waals surface area contributed by atoms with E-state index in [0.717, 1.165) is 35.2 Å².